The van der Waals surface area contributed by atoms with Crippen molar-refractivity contribution in [3.8, 4) is 0 Å². The Kier molecular flexibility index (Phi) is 25.2. The summed E-state index contributed by atoms with van der Waals surface area (Å²) in [5.41, 5.74) is -9.34. The van der Waals surface area contributed by atoms with E-state index in [1.165, 1.54) is 34.6 Å². The van der Waals surface area contributed by atoms with Gasteiger partial charge in [-0.3, -0.25) is 9.59 Å². The Morgan fingerprint density at radius 1 is 0.476 bits per heavy atom. The Hall–Kier alpha value is -3.53. The van der Waals surface area contributed by atoms with Gasteiger partial charge in [0.2, 0.25) is 11.3 Å². The smallest absolute Gasteiger partial charge is 0.425 e. The highest BCUT2D eigenvalue weighted by atomic mass is 19.4. The van der Waals surface area contributed by atoms with Crippen LogP contribution in [0.1, 0.15) is 182 Å². The molecule has 17 heteroatoms. The zero-order valence-electron chi connectivity index (χ0n) is 41.1. The van der Waals surface area contributed by atoms with Crippen LogP contribution < -0.4 is 0 Å². The number of carbonyl (C=O) groups is 6. The summed E-state index contributed by atoms with van der Waals surface area (Å²) >= 11 is 0. The van der Waals surface area contributed by atoms with Crippen LogP contribution in [0.4, 0.5) is 22.0 Å². The zero-order valence-corrected chi connectivity index (χ0v) is 41.1. The molecule has 0 aromatic rings. The second-order valence-electron chi connectivity index (χ2n) is 18.1. The zero-order chi connectivity index (χ0) is 50.0. The van der Waals surface area contributed by atoms with Crippen LogP contribution in [0, 0.1) is 22.7 Å². The number of carbonyl (C=O) groups excluding carboxylic acids is 6. The monoisotopic (exact) mass is 919 g/mol. The van der Waals surface area contributed by atoms with E-state index in [4.69, 9.17) is 23.7 Å². The summed E-state index contributed by atoms with van der Waals surface area (Å²) in [4.78, 5) is 73.9. The fourth-order valence-corrected chi connectivity index (χ4v) is 7.43. The van der Waals surface area contributed by atoms with Gasteiger partial charge in [0.15, 0.2) is 19.3 Å². The van der Waals surface area contributed by atoms with Crippen molar-refractivity contribution in [2.75, 3.05) is 13.2 Å². The molecule has 63 heavy (non-hydrogen) atoms. The van der Waals surface area contributed by atoms with Gasteiger partial charge >= 0.3 is 42.0 Å². The first-order valence-corrected chi connectivity index (χ1v) is 22.3. The van der Waals surface area contributed by atoms with Gasteiger partial charge in [-0.2, -0.15) is 13.2 Å². The third-order valence-corrected chi connectivity index (χ3v) is 11.9. The second kappa shape index (κ2) is 25.8. The van der Waals surface area contributed by atoms with Crippen LogP contribution in [0.25, 0.3) is 0 Å². The number of ether oxygens (including phenoxy) is 6. The third kappa shape index (κ3) is 18.5. The van der Waals surface area contributed by atoms with E-state index >= 15 is 8.78 Å². The topological polar surface area (TPSA) is 158 Å². The first-order valence-electron chi connectivity index (χ1n) is 22.3. The summed E-state index contributed by atoms with van der Waals surface area (Å²) in [6.07, 6.45) is -5.07. The summed E-state index contributed by atoms with van der Waals surface area (Å²) in [6, 6.07) is 0. The van der Waals surface area contributed by atoms with Gasteiger partial charge in [-0.05, 0) is 112 Å². The van der Waals surface area contributed by atoms with E-state index in [2.05, 4.69) is 4.74 Å². The minimum absolute atomic E-state index is 0.0642. The van der Waals surface area contributed by atoms with Crippen molar-refractivity contribution >= 4 is 35.8 Å². The molecule has 12 nitrogen and oxygen atoms in total. The summed E-state index contributed by atoms with van der Waals surface area (Å²) in [5.74, 6) is -5.87. The van der Waals surface area contributed by atoms with Gasteiger partial charge in [-0.25, -0.2) is 28.0 Å². The van der Waals surface area contributed by atoms with E-state index in [-0.39, 0.29) is 30.8 Å². The van der Waals surface area contributed by atoms with Gasteiger partial charge in [0.25, 0.3) is 0 Å². The predicted molar refractivity (Wildman–Crippen MR) is 228 cm³/mol. The molecule has 0 aliphatic rings. The molecular weight excluding hydrogens is 839 g/mol. The number of halogens is 5. The Morgan fingerprint density at radius 2 is 0.810 bits per heavy atom. The number of hydrogen-bond donors (Lipinski definition) is 0. The van der Waals surface area contributed by atoms with Crippen molar-refractivity contribution in [2.45, 2.75) is 223 Å². The fourth-order valence-electron chi connectivity index (χ4n) is 7.43. The van der Waals surface area contributed by atoms with Gasteiger partial charge in [0, 0.05) is 12.8 Å². The minimum atomic E-state index is -4.75. The van der Waals surface area contributed by atoms with Crippen LogP contribution in [-0.2, 0) is 57.2 Å². The molecule has 3 atom stereocenters. The molecule has 0 aromatic heterocycles. The molecule has 0 spiro atoms. The molecule has 0 saturated carbocycles. The molecule has 0 heterocycles. The highest BCUT2D eigenvalue weighted by molar-refractivity contribution is 5.85. The average Bonchev–Trinajstić information content (AvgIpc) is 3.19. The molecule has 0 aliphatic carbocycles. The van der Waals surface area contributed by atoms with E-state index in [0.29, 0.717) is 32.6 Å². The van der Waals surface area contributed by atoms with Crippen molar-refractivity contribution in [2.24, 2.45) is 22.7 Å². The quantitative estimate of drug-likeness (QED) is 0.0460. The van der Waals surface area contributed by atoms with E-state index in [1.807, 2.05) is 55.4 Å². The van der Waals surface area contributed by atoms with E-state index < -0.39 is 108 Å². The molecule has 0 aliphatic heterocycles. The third-order valence-electron chi connectivity index (χ3n) is 11.9. The molecular formula is C46H79F5O12. The van der Waals surface area contributed by atoms with E-state index in [0.717, 1.165) is 12.8 Å². The second-order valence-corrected chi connectivity index (χ2v) is 18.1. The molecule has 0 amide bonds. The van der Waals surface area contributed by atoms with Gasteiger partial charge in [0.05, 0.1) is 16.9 Å². The lowest BCUT2D eigenvalue weighted by molar-refractivity contribution is -0.218. The number of esters is 6. The summed E-state index contributed by atoms with van der Waals surface area (Å²) in [7, 11) is 0. The first-order chi connectivity index (χ1) is 28.7. The maximum Gasteiger partial charge on any atom is 0.425 e. The Balaban J connectivity index is 0. The molecule has 0 bridgehead atoms. The Morgan fingerprint density at radius 3 is 1.08 bits per heavy atom. The van der Waals surface area contributed by atoms with Crippen LogP contribution in [0.15, 0.2) is 0 Å². The van der Waals surface area contributed by atoms with Crippen LogP contribution >= 0.6 is 0 Å². The number of hydrogen-bond acceptors (Lipinski definition) is 12. The van der Waals surface area contributed by atoms with Gasteiger partial charge in [-0.15, -0.1) is 0 Å². The summed E-state index contributed by atoms with van der Waals surface area (Å²) < 4.78 is 99.1. The number of alkyl halides is 5. The predicted octanol–water partition coefficient (Wildman–Crippen LogP) is 10.9. The summed E-state index contributed by atoms with van der Waals surface area (Å²) in [6.45, 7) is 26.3. The van der Waals surface area contributed by atoms with E-state index in [1.54, 1.807) is 20.8 Å². The van der Waals surface area contributed by atoms with Crippen LogP contribution in [-0.4, -0.2) is 90.0 Å². The van der Waals surface area contributed by atoms with Crippen molar-refractivity contribution in [1.29, 1.82) is 0 Å². The molecule has 0 saturated heterocycles. The lowest BCUT2D eigenvalue weighted by atomic mass is 9.77. The normalized spacial score (nSPS) is 15.0. The van der Waals surface area contributed by atoms with Crippen LogP contribution in [0.5, 0.6) is 0 Å². The highest BCUT2D eigenvalue weighted by Gasteiger charge is 2.51. The largest absolute Gasteiger partial charge is 0.460 e. The van der Waals surface area contributed by atoms with Crippen molar-refractivity contribution in [1.82, 2.24) is 0 Å². The standard InChI is InChI=1S/C24H43FO6.C22H36F4O6/c1-10-18(11-2)24(13-4,14-5)31-21(28)23(25,12-3)16-22(8,9)20(27)29-15-19(26)30-17(6)7;1-9-20(23,18(29)32-21(10-2,11-3)14(4)5)13-19(7,8)17(28)30-12-16(27)31-15(6)22(24,25)26/h17-18H,10-16H2,1-9H3;14-15H,9-13H2,1-8H3. The number of rotatable bonds is 26. The van der Waals surface area contributed by atoms with Crippen LogP contribution in [0.2, 0.25) is 0 Å². The maximum absolute atomic E-state index is 15.8. The van der Waals surface area contributed by atoms with Crippen molar-refractivity contribution in [3.05, 3.63) is 0 Å². The molecule has 0 fully saturated rings. The molecule has 0 radical (unpaired) electrons. The maximum atomic E-state index is 15.8. The Bertz CT molecular complexity index is 1470. The fraction of sp³-hybridized carbons (Fsp3) is 0.870. The molecule has 0 aromatic carbocycles. The van der Waals surface area contributed by atoms with E-state index in [9.17, 15) is 41.9 Å². The average molecular weight is 919 g/mol. The Labute approximate surface area is 373 Å². The van der Waals surface area contributed by atoms with Gasteiger partial charge < -0.3 is 28.4 Å². The highest BCUT2D eigenvalue weighted by Crippen LogP contribution is 2.41. The first kappa shape index (κ1) is 61.6. The molecule has 370 valence electrons. The lowest BCUT2D eigenvalue weighted by Gasteiger charge is -2.41. The van der Waals surface area contributed by atoms with Crippen molar-refractivity contribution in [3.63, 3.8) is 0 Å². The molecule has 0 rings (SSSR count). The van der Waals surface area contributed by atoms with Crippen molar-refractivity contribution < 1.29 is 79.1 Å². The van der Waals surface area contributed by atoms with Crippen LogP contribution in [0.3, 0.4) is 0 Å². The molecule has 3 unspecified atom stereocenters. The minimum Gasteiger partial charge on any atom is -0.460 e. The lowest BCUT2D eigenvalue weighted by Crippen LogP contribution is -2.49. The van der Waals surface area contributed by atoms with Gasteiger partial charge in [0.1, 0.15) is 11.2 Å². The molecule has 0 N–H and O–H groups in total. The van der Waals surface area contributed by atoms with Gasteiger partial charge in [-0.1, -0.05) is 69.2 Å². The summed E-state index contributed by atoms with van der Waals surface area (Å²) in [5, 5.41) is 0. The SMILES string of the molecule is CCC(CC)C(CC)(CC)OC(=O)C(F)(CC)CC(C)(C)C(=O)OCC(=O)OC(C)C.CCC(F)(CC(C)(C)C(=O)OCC(=O)OC(C)C(F)(F)F)C(=O)OC(CC)(CC)C(C)C.